The first-order valence-electron chi connectivity index (χ1n) is 5.46. The van der Waals surface area contributed by atoms with Gasteiger partial charge in [-0.3, -0.25) is 9.48 Å². The number of aliphatic hydroxyl groups is 1. The predicted molar refractivity (Wildman–Crippen MR) is 58.4 cm³/mol. The third-order valence-electron chi connectivity index (χ3n) is 2.76. The average Bonchev–Trinajstić information content (AvgIpc) is 2.93. The van der Waals surface area contributed by atoms with E-state index in [1.54, 1.807) is 0 Å². The summed E-state index contributed by atoms with van der Waals surface area (Å²) in [7, 11) is 1.48. The molecule has 0 aliphatic carbocycles. The third kappa shape index (κ3) is 2.26. The largest absolute Gasteiger partial charge is 0.364 e. The molecule has 1 aromatic rings. The zero-order valence-electron chi connectivity index (χ0n) is 10.2. The summed E-state index contributed by atoms with van der Waals surface area (Å²) in [5.74, 6) is -1.18. The van der Waals surface area contributed by atoms with Crippen LogP contribution >= 0.6 is 0 Å². The number of aromatic nitrogens is 2. The molecular formula is C10H10F4N4O2. The molecule has 6 nitrogen and oxygen atoms in total. The Balaban J connectivity index is 2.37. The molecule has 1 atom stereocenters. The summed E-state index contributed by atoms with van der Waals surface area (Å²) >= 11 is 0. The van der Waals surface area contributed by atoms with Gasteiger partial charge in [0.15, 0.2) is 5.69 Å². The molecule has 1 aromatic heterocycles. The summed E-state index contributed by atoms with van der Waals surface area (Å²) in [5, 5.41) is 16.5. The molecule has 10 heteroatoms. The van der Waals surface area contributed by atoms with Crippen LogP contribution in [-0.4, -0.2) is 50.1 Å². The lowest BCUT2D eigenvalue weighted by Gasteiger charge is -2.29. The Kier molecular flexibility index (Phi) is 3.50. The molecule has 0 saturated heterocycles. The second kappa shape index (κ2) is 4.85. The van der Waals surface area contributed by atoms with Crippen LogP contribution in [0.25, 0.3) is 0 Å². The Morgan fingerprint density at radius 3 is 2.55 bits per heavy atom. The van der Waals surface area contributed by atoms with Crippen molar-refractivity contribution in [3.8, 4) is 0 Å². The molecule has 0 aromatic carbocycles. The summed E-state index contributed by atoms with van der Waals surface area (Å²) in [4.78, 5) is 12.0. The minimum Gasteiger partial charge on any atom is -0.364 e. The van der Waals surface area contributed by atoms with Crippen molar-refractivity contribution in [2.75, 3.05) is 0 Å². The summed E-state index contributed by atoms with van der Waals surface area (Å²) < 4.78 is 52.1. The molecule has 2 heterocycles. The summed E-state index contributed by atoms with van der Waals surface area (Å²) in [5.41, 5.74) is -4.34. The van der Waals surface area contributed by atoms with Crippen LogP contribution in [0.1, 0.15) is 16.9 Å². The maximum atomic E-state index is 12.9. The predicted octanol–water partition coefficient (Wildman–Crippen LogP) is 0.841. The minimum absolute atomic E-state index is 0.0263. The zero-order chi connectivity index (χ0) is 15.1. The zero-order valence-corrected chi connectivity index (χ0v) is 10.2. The highest BCUT2D eigenvalue weighted by atomic mass is 19.3. The van der Waals surface area contributed by atoms with Gasteiger partial charge in [0.1, 0.15) is 5.71 Å². The highest BCUT2D eigenvalue weighted by Gasteiger charge is 2.53. The number of rotatable bonds is 3. The van der Waals surface area contributed by atoms with E-state index in [-0.39, 0.29) is 10.7 Å². The topological polar surface area (TPSA) is 70.7 Å². The first-order chi connectivity index (χ1) is 9.25. The van der Waals surface area contributed by atoms with Gasteiger partial charge in [-0.05, 0) is 6.07 Å². The highest BCUT2D eigenvalue weighted by molar-refractivity contribution is 5.97. The summed E-state index contributed by atoms with van der Waals surface area (Å²) in [6.45, 7) is 0. The van der Waals surface area contributed by atoms with E-state index >= 15 is 0 Å². The fourth-order valence-electron chi connectivity index (χ4n) is 1.74. The molecular weight excluding hydrogens is 284 g/mol. The van der Waals surface area contributed by atoms with Crippen molar-refractivity contribution in [1.82, 2.24) is 14.8 Å². The second-order valence-corrected chi connectivity index (χ2v) is 4.24. The van der Waals surface area contributed by atoms with Crippen molar-refractivity contribution >= 4 is 11.6 Å². The molecule has 2 rings (SSSR count). The number of halogens is 4. The number of carbonyl (C=O) groups is 1. The fourth-order valence-corrected chi connectivity index (χ4v) is 1.74. The van der Waals surface area contributed by atoms with Crippen LogP contribution in [0.5, 0.6) is 0 Å². The maximum absolute atomic E-state index is 12.9. The molecule has 0 spiro atoms. The number of aryl methyl sites for hydroxylation is 1. The normalized spacial score (nSPS) is 22.8. The number of nitrogens with zero attached hydrogens (tertiary/aromatic N) is 4. The Bertz CT molecular complexity index is 559. The van der Waals surface area contributed by atoms with Gasteiger partial charge in [0.05, 0.1) is 0 Å². The fraction of sp³-hybridized carbons (Fsp3) is 0.500. The molecule has 1 aliphatic heterocycles. The second-order valence-electron chi connectivity index (χ2n) is 4.24. The van der Waals surface area contributed by atoms with Gasteiger partial charge >= 0.3 is 0 Å². The number of hydrogen-bond donors (Lipinski definition) is 1. The lowest BCUT2D eigenvalue weighted by atomic mass is 10.1. The van der Waals surface area contributed by atoms with Gasteiger partial charge in [-0.1, -0.05) is 0 Å². The molecule has 1 N–H and O–H groups in total. The van der Waals surface area contributed by atoms with Crippen molar-refractivity contribution in [1.29, 1.82) is 0 Å². The molecule has 20 heavy (non-hydrogen) atoms. The van der Waals surface area contributed by atoms with Crippen LogP contribution in [0.15, 0.2) is 17.4 Å². The Hall–Kier alpha value is -1.97. The monoisotopic (exact) mass is 294 g/mol. The molecule has 0 bridgehead atoms. The van der Waals surface area contributed by atoms with E-state index < -0.39 is 36.6 Å². The number of carbonyl (C=O) groups excluding carboxylic acids is 1. The van der Waals surface area contributed by atoms with Gasteiger partial charge in [-0.15, -0.1) is 0 Å². The van der Waals surface area contributed by atoms with E-state index in [9.17, 15) is 27.5 Å². The van der Waals surface area contributed by atoms with Crippen LogP contribution in [0.2, 0.25) is 0 Å². The molecule has 0 saturated carbocycles. The SMILES string of the molecule is Cn1ccc(C(=O)N2N=C(C(F)F)C[C@@]2(O)C(F)F)n1. The van der Waals surface area contributed by atoms with E-state index in [2.05, 4.69) is 10.2 Å². The summed E-state index contributed by atoms with van der Waals surface area (Å²) in [6.07, 6.45) is -6.33. The molecule has 0 radical (unpaired) electrons. The van der Waals surface area contributed by atoms with Crippen LogP contribution in [0, 0.1) is 0 Å². The molecule has 0 unspecified atom stereocenters. The van der Waals surface area contributed by atoms with Crippen LogP contribution < -0.4 is 0 Å². The van der Waals surface area contributed by atoms with Gasteiger partial charge in [0.2, 0.25) is 5.72 Å². The molecule has 0 fully saturated rings. The van der Waals surface area contributed by atoms with E-state index in [0.29, 0.717) is 0 Å². The average molecular weight is 294 g/mol. The van der Waals surface area contributed by atoms with Crippen LogP contribution in [0.3, 0.4) is 0 Å². The highest BCUT2D eigenvalue weighted by Crippen LogP contribution is 2.33. The van der Waals surface area contributed by atoms with Crippen molar-refractivity contribution < 1.29 is 27.5 Å². The van der Waals surface area contributed by atoms with Gasteiger partial charge < -0.3 is 5.11 Å². The quantitative estimate of drug-likeness (QED) is 0.840. The van der Waals surface area contributed by atoms with E-state index in [1.165, 1.54) is 24.0 Å². The molecule has 1 aliphatic rings. The number of hydrazone groups is 1. The third-order valence-corrected chi connectivity index (χ3v) is 2.76. The van der Waals surface area contributed by atoms with Crippen molar-refractivity contribution in [2.24, 2.45) is 12.1 Å². The standard InChI is InChI=1S/C10H10F4N4O2/c1-17-3-2-5(15-17)8(19)18-10(20,9(13)14)4-6(16-18)7(11)12/h2-3,7,9,20H,4H2,1H3/t10-/m1/s1. The Labute approximate surface area is 110 Å². The Morgan fingerprint density at radius 2 is 2.10 bits per heavy atom. The minimum atomic E-state index is -3.45. The number of hydrogen-bond acceptors (Lipinski definition) is 4. The number of alkyl halides is 4. The Morgan fingerprint density at radius 1 is 1.45 bits per heavy atom. The number of amides is 1. The van der Waals surface area contributed by atoms with Gasteiger partial charge in [-0.25, -0.2) is 17.6 Å². The lowest BCUT2D eigenvalue weighted by Crippen LogP contribution is -2.51. The summed E-state index contributed by atoms with van der Waals surface area (Å²) in [6, 6.07) is 1.20. The van der Waals surface area contributed by atoms with E-state index in [4.69, 9.17) is 0 Å². The van der Waals surface area contributed by atoms with Crippen LogP contribution in [-0.2, 0) is 7.05 Å². The molecule has 110 valence electrons. The molecule has 1 amide bonds. The van der Waals surface area contributed by atoms with Gasteiger partial charge in [0.25, 0.3) is 18.8 Å². The first kappa shape index (κ1) is 14.4. The van der Waals surface area contributed by atoms with Crippen molar-refractivity contribution in [2.45, 2.75) is 25.0 Å². The lowest BCUT2D eigenvalue weighted by molar-refractivity contribution is -0.164. The van der Waals surface area contributed by atoms with Crippen molar-refractivity contribution in [3.63, 3.8) is 0 Å². The van der Waals surface area contributed by atoms with E-state index in [1.807, 2.05) is 0 Å². The first-order valence-corrected chi connectivity index (χ1v) is 5.46. The smallest absolute Gasteiger partial charge is 0.297 e. The van der Waals surface area contributed by atoms with Crippen molar-refractivity contribution in [3.05, 3.63) is 18.0 Å². The van der Waals surface area contributed by atoms with Crippen LogP contribution in [0.4, 0.5) is 17.6 Å². The van der Waals surface area contributed by atoms with Gasteiger partial charge in [-0.2, -0.15) is 15.2 Å². The van der Waals surface area contributed by atoms with E-state index in [0.717, 1.165) is 0 Å². The maximum Gasteiger partial charge on any atom is 0.297 e. The van der Waals surface area contributed by atoms with Gasteiger partial charge in [0, 0.05) is 19.7 Å².